The van der Waals surface area contributed by atoms with Crippen LogP contribution in [0.4, 0.5) is 16.4 Å². The number of nitrogens with zero attached hydrogens (tertiary/aromatic N) is 3. The zero-order valence-corrected chi connectivity index (χ0v) is 16.0. The van der Waals surface area contributed by atoms with Crippen LogP contribution in [-0.2, 0) is 6.54 Å². The molecule has 0 saturated heterocycles. The molecule has 0 radical (unpaired) electrons. The van der Waals surface area contributed by atoms with Crippen molar-refractivity contribution in [2.45, 2.75) is 27.3 Å². The molecule has 0 aliphatic carbocycles. The van der Waals surface area contributed by atoms with Crippen LogP contribution in [0.2, 0.25) is 0 Å². The van der Waals surface area contributed by atoms with Crippen molar-refractivity contribution in [1.82, 2.24) is 15.3 Å². The van der Waals surface area contributed by atoms with Gasteiger partial charge in [0.1, 0.15) is 12.3 Å². The standard InChI is InChI=1S/C20H22N6O2/c1-13-6-8-16(9-7-13)24-20(27)26-18(21-12-17-5-4-10-28-17)25-19-22-14(2)11-15(3)23-19/h4-11H,12H2,1-3H3,(H3,21,22,23,24,25,26,27). The van der Waals surface area contributed by atoms with Crippen molar-refractivity contribution < 1.29 is 9.21 Å². The molecule has 0 unspecified atom stereocenters. The Hall–Kier alpha value is -3.68. The summed E-state index contributed by atoms with van der Waals surface area (Å²) in [6, 6.07) is 12.5. The number of aliphatic imine (C=N–C) groups is 1. The van der Waals surface area contributed by atoms with Crippen molar-refractivity contribution in [3.05, 3.63) is 71.4 Å². The highest BCUT2D eigenvalue weighted by atomic mass is 16.3. The summed E-state index contributed by atoms with van der Waals surface area (Å²) in [5, 5.41) is 8.43. The minimum absolute atomic E-state index is 0.214. The van der Waals surface area contributed by atoms with Crippen LogP contribution < -0.4 is 16.0 Å². The van der Waals surface area contributed by atoms with Crippen molar-refractivity contribution in [2.75, 3.05) is 10.6 Å². The van der Waals surface area contributed by atoms with Crippen molar-refractivity contribution in [3.8, 4) is 0 Å². The van der Waals surface area contributed by atoms with E-state index in [9.17, 15) is 4.79 Å². The minimum atomic E-state index is -0.432. The van der Waals surface area contributed by atoms with Crippen LogP contribution in [0.15, 0.2) is 58.1 Å². The van der Waals surface area contributed by atoms with Gasteiger partial charge in [-0.1, -0.05) is 17.7 Å². The van der Waals surface area contributed by atoms with Crippen molar-refractivity contribution in [3.63, 3.8) is 0 Å². The summed E-state index contributed by atoms with van der Waals surface area (Å²) >= 11 is 0. The lowest BCUT2D eigenvalue weighted by Crippen LogP contribution is -2.39. The third-order valence-corrected chi connectivity index (χ3v) is 3.73. The summed E-state index contributed by atoms with van der Waals surface area (Å²) in [4.78, 5) is 25.4. The van der Waals surface area contributed by atoms with Crippen molar-refractivity contribution in [1.29, 1.82) is 0 Å². The monoisotopic (exact) mass is 378 g/mol. The molecular weight excluding hydrogens is 356 g/mol. The number of hydrogen-bond acceptors (Lipinski definition) is 5. The van der Waals surface area contributed by atoms with Crippen LogP contribution in [0.5, 0.6) is 0 Å². The zero-order valence-electron chi connectivity index (χ0n) is 16.0. The molecule has 2 heterocycles. The predicted molar refractivity (Wildman–Crippen MR) is 108 cm³/mol. The van der Waals surface area contributed by atoms with Gasteiger partial charge in [-0.3, -0.25) is 10.6 Å². The second-order valence-electron chi connectivity index (χ2n) is 6.29. The molecule has 0 fully saturated rings. The molecule has 8 heteroatoms. The van der Waals surface area contributed by atoms with E-state index in [-0.39, 0.29) is 12.5 Å². The number of furan rings is 1. The number of guanidine groups is 1. The maximum Gasteiger partial charge on any atom is 0.326 e. The van der Waals surface area contributed by atoms with Gasteiger partial charge in [0.05, 0.1) is 6.26 Å². The van der Waals surface area contributed by atoms with Crippen LogP contribution >= 0.6 is 0 Å². The fourth-order valence-corrected chi connectivity index (χ4v) is 2.46. The number of carbonyl (C=O) groups excluding carboxylic acids is 1. The first-order valence-electron chi connectivity index (χ1n) is 8.79. The average Bonchev–Trinajstić information content (AvgIpc) is 3.14. The van der Waals surface area contributed by atoms with Gasteiger partial charge >= 0.3 is 6.03 Å². The molecule has 0 atom stereocenters. The fourth-order valence-electron chi connectivity index (χ4n) is 2.46. The number of urea groups is 1. The molecule has 0 aliphatic rings. The van der Waals surface area contributed by atoms with E-state index in [1.165, 1.54) is 0 Å². The van der Waals surface area contributed by atoms with Crippen LogP contribution in [0.3, 0.4) is 0 Å². The third-order valence-electron chi connectivity index (χ3n) is 3.73. The number of benzene rings is 1. The number of hydrogen-bond donors (Lipinski definition) is 3. The van der Waals surface area contributed by atoms with Gasteiger partial charge in [0.15, 0.2) is 0 Å². The Labute approximate surface area is 163 Å². The Balaban J connectivity index is 1.73. The van der Waals surface area contributed by atoms with Crippen LogP contribution in [0.1, 0.15) is 22.7 Å². The zero-order chi connectivity index (χ0) is 19.9. The summed E-state index contributed by atoms with van der Waals surface area (Å²) in [6.07, 6.45) is 1.57. The number of amides is 2. The molecule has 3 N–H and O–H groups in total. The van der Waals surface area contributed by atoms with Crippen molar-refractivity contribution in [2.24, 2.45) is 4.99 Å². The molecule has 2 aromatic heterocycles. The van der Waals surface area contributed by atoms with Gasteiger partial charge in [0, 0.05) is 17.1 Å². The lowest BCUT2D eigenvalue weighted by atomic mass is 10.2. The molecule has 1 aromatic carbocycles. The molecule has 8 nitrogen and oxygen atoms in total. The number of nitrogens with one attached hydrogen (secondary N) is 3. The predicted octanol–water partition coefficient (Wildman–Crippen LogP) is 3.78. The smallest absolute Gasteiger partial charge is 0.326 e. The van der Waals surface area contributed by atoms with Crippen LogP contribution in [0.25, 0.3) is 0 Å². The first-order chi connectivity index (χ1) is 13.5. The number of aryl methyl sites for hydroxylation is 3. The summed E-state index contributed by atoms with van der Waals surface area (Å²) in [5.74, 6) is 1.23. The van der Waals surface area contributed by atoms with Gasteiger partial charge in [0.2, 0.25) is 11.9 Å². The second kappa shape index (κ2) is 8.81. The lowest BCUT2D eigenvalue weighted by Gasteiger charge is -2.12. The Morgan fingerprint density at radius 2 is 1.75 bits per heavy atom. The molecule has 0 spiro atoms. The van der Waals surface area contributed by atoms with Gasteiger partial charge in [-0.05, 0) is 51.1 Å². The fraction of sp³-hybridized carbons (Fsp3) is 0.200. The first-order valence-corrected chi connectivity index (χ1v) is 8.79. The van der Waals surface area contributed by atoms with E-state index in [2.05, 4.69) is 30.9 Å². The van der Waals surface area contributed by atoms with Gasteiger partial charge in [0.25, 0.3) is 0 Å². The SMILES string of the molecule is Cc1ccc(NC(=O)NC(=NCc2ccco2)Nc2nc(C)cc(C)n2)cc1. The lowest BCUT2D eigenvalue weighted by molar-refractivity contribution is 0.256. The molecule has 2 amide bonds. The van der Waals surface area contributed by atoms with Crippen LogP contribution in [0, 0.1) is 20.8 Å². The molecule has 28 heavy (non-hydrogen) atoms. The third kappa shape index (κ3) is 5.66. The van der Waals surface area contributed by atoms with Gasteiger partial charge < -0.3 is 9.73 Å². The molecule has 0 bridgehead atoms. The molecule has 0 aliphatic heterocycles. The molecule has 3 rings (SSSR count). The topological polar surface area (TPSA) is 104 Å². The van der Waals surface area contributed by atoms with E-state index in [4.69, 9.17) is 4.42 Å². The molecule has 144 valence electrons. The summed E-state index contributed by atoms with van der Waals surface area (Å²) < 4.78 is 5.29. The van der Waals surface area contributed by atoms with Crippen LogP contribution in [-0.4, -0.2) is 22.0 Å². The molecular formula is C20H22N6O2. The van der Waals surface area contributed by atoms with Gasteiger partial charge in [-0.25, -0.2) is 19.8 Å². The summed E-state index contributed by atoms with van der Waals surface area (Å²) in [5.41, 5.74) is 3.41. The maximum atomic E-state index is 12.4. The first kappa shape index (κ1) is 19.1. The minimum Gasteiger partial charge on any atom is -0.467 e. The van der Waals surface area contributed by atoms with E-state index in [0.29, 0.717) is 17.4 Å². The number of anilines is 2. The Bertz CT molecular complexity index is 945. The van der Waals surface area contributed by atoms with E-state index in [1.807, 2.05) is 51.1 Å². The number of carbonyl (C=O) groups is 1. The van der Waals surface area contributed by atoms with E-state index in [0.717, 1.165) is 17.0 Å². The average molecular weight is 378 g/mol. The normalized spacial score (nSPS) is 11.2. The Morgan fingerprint density at radius 3 is 2.39 bits per heavy atom. The highest BCUT2D eigenvalue weighted by Crippen LogP contribution is 2.09. The Morgan fingerprint density at radius 1 is 1.04 bits per heavy atom. The summed E-state index contributed by atoms with van der Waals surface area (Å²) in [7, 11) is 0. The molecule has 0 saturated carbocycles. The van der Waals surface area contributed by atoms with Crippen molar-refractivity contribution >= 4 is 23.6 Å². The number of aromatic nitrogens is 2. The molecule has 3 aromatic rings. The summed E-state index contributed by atoms with van der Waals surface area (Å²) in [6.45, 7) is 5.98. The van der Waals surface area contributed by atoms with E-state index < -0.39 is 6.03 Å². The second-order valence-corrected chi connectivity index (χ2v) is 6.29. The largest absolute Gasteiger partial charge is 0.467 e. The quantitative estimate of drug-likeness (QED) is 0.473. The van der Waals surface area contributed by atoms with Gasteiger partial charge in [-0.2, -0.15) is 0 Å². The highest BCUT2D eigenvalue weighted by Gasteiger charge is 2.10. The Kier molecular flexibility index (Phi) is 6.01. The van der Waals surface area contributed by atoms with Gasteiger partial charge in [-0.15, -0.1) is 0 Å². The highest BCUT2D eigenvalue weighted by molar-refractivity contribution is 6.06. The number of rotatable bonds is 4. The van der Waals surface area contributed by atoms with E-state index >= 15 is 0 Å². The van der Waals surface area contributed by atoms with E-state index in [1.54, 1.807) is 18.4 Å². The maximum absolute atomic E-state index is 12.4.